The summed E-state index contributed by atoms with van der Waals surface area (Å²) >= 11 is 0. The molecule has 5 heteroatoms. The molecular formula is C23H29N2O3+. The third kappa shape index (κ3) is 3.83. The van der Waals surface area contributed by atoms with Crippen LogP contribution in [0.1, 0.15) is 41.5 Å². The summed E-state index contributed by atoms with van der Waals surface area (Å²) in [6, 6.07) is 14.0. The molecule has 0 aliphatic carbocycles. The van der Waals surface area contributed by atoms with E-state index >= 15 is 0 Å². The maximum Gasteiger partial charge on any atom is 0.228 e. The summed E-state index contributed by atoms with van der Waals surface area (Å²) in [5.41, 5.74) is 4.49. The normalized spacial score (nSPS) is 26.8. The molecule has 2 heterocycles. The Balaban J connectivity index is 1.33. The maximum atomic E-state index is 11.6. The third-order valence-corrected chi connectivity index (χ3v) is 6.33. The van der Waals surface area contributed by atoms with E-state index in [1.54, 1.807) is 0 Å². The fraction of sp³-hybridized carbons (Fsp3) is 0.435. The van der Waals surface area contributed by atoms with E-state index < -0.39 is 5.60 Å². The van der Waals surface area contributed by atoms with Crippen LogP contribution in [-0.2, 0) is 23.2 Å². The van der Waals surface area contributed by atoms with E-state index in [0.29, 0.717) is 38.9 Å². The summed E-state index contributed by atoms with van der Waals surface area (Å²) in [4.78, 5) is 11.6. The number of fused-ring (bicyclic) bond motifs is 1. The van der Waals surface area contributed by atoms with E-state index in [1.165, 1.54) is 5.56 Å². The number of piperidine rings is 1. The highest BCUT2D eigenvalue weighted by Gasteiger charge is 2.42. The highest BCUT2D eigenvalue weighted by atomic mass is 16.5. The van der Waals surface area contributed by atoms with E-state index in [-0.39, 0.29) is 10.6 Å². The standard InChI is InChI=1S/C23H28N2O3/c1-17-14-18(15-19-16-21(26)24-22(17)19)6-5-11-25(28)12-9-23(27,10-13-25)20-7-3-2-4-8-20/h2-4,7-8,14-15,27-28H,5-6,9-13,16H2,1H3/p+1. The second-order valence-corrected chi connectivity index (χ2v) is 8.44. The summed E-state index contributed by atoms with van der Waals surface area (Å²) in [5.74, 6) is 0.0642. The van der Waals surface area contributed by atoms with Gasteiger partial charge in [0.1, 0.15) is 25.2 Å². The molecule has 0 radical (unpaired) electrons. The number of hydrogen-bond acceptors (Lipinski definition) is 3. The SMILES string of the molecule is Cc1cc(CCC[N+]2(O)CCC(O)(c3ccccc3)CC2)cc2c1NC(=O)C2. The molecule has 2 aliphatic rings. The van der Waals surface area contributed by atoms with Gasteiger partial charge in [0.2, 0.25) is 5.91 Å². The number of amides is 1. The van der Waals surface area contributed by atoms with Gasteiger partial charge in [-0.15, -0.1) is 0 Å². The molecule has 28 heavy (non-hydrogen) atoms. The van der Waals surface area contributed by atoms with Crippen LogP contribution in [0.4, 0.5) is 5.69 Å². The average Bonchev–Trinajstić information content (AvgIpc) is 3.06. The number of carbonyl (C=O) groups is 1. The Morgan fingerprint density at radius 1 is 1.14 bits per heavy atom. The summed E-state index contributed by atoms with van der Waals surface area (Å²) in [7, 11) is 0. The first-order valence-corrected chi connectivity index (χ1v) is 10.2. The van der Waals surface area contributed by atoms with E-state index in [0.717, 1.165) is 35.2 Å². The molecule has 1 amide bonds. The number of nitrogens with one attached hydrogen (secondary N) is 1. The van der Waals surface area contributed by atoms with Gasteiger partial charge in [-0.1, -0.05) is 42.5 Å². The van der Waals surface area contributed by atoms with Gasteiger partial charge < -0.3 is 10.4 Å². The number of nitrogens with zero attached hydrogens (tertiary/aromatic N) is 1. The number of hydrogen-bond donors (Lipinski definition) is 3. The predicted octanol–water partition coefficient (Wildman–Crippen LogP) is 3.31. The summed E-state index contributed by atoms with van der Waals surface area (Å²) in [5, 5.41) is 24.8. The largest absolute Gasteiger partial charge is 0.385 e. The van der Waals surface area contributed by atoms with Crippen LogP contribution in [-0.4, -0.2) is 40.5 Å². The van der Waals surface area contributed by atoms with Gasteiger partial charge in [-0.3, -0.25) is 4.79 Å². The van der Waals surface area contributed by atoms with Gasteiger partial charge in [0, 0.05) is 24.9 Å². The first-order valence-electron chi connectivity index (χ1n) is 10.2. The molecule has 5 nitrogen and oxygen atoms in total. The van der Waals surface area contributed by atoms with Crippen molar-refractivity contribution in [3.05, 3.63) is 64.7 Å². The number of hydroxylamine groups is 3. The van der Waals surface area contributed by atoms with Crippen molar-refractivity contribution >= 4 is 11.6 Å². The fourth-order valence-corrected chi connectivity index (χ4v) is 4.62. The Hall–Kier alpha value is -2.21. The first-order chi connectivity index (χ1) is 13.4. The van der Waals surface area contributed by atoms with Gasteiger partial charge in [0.05, 0.1) is 6.42 Å². The second-order valence-electron chi connectivity index (χ2n) is 8.44. The number of rotatable bonds is 5. The van der Waals surface area contributed by atoms with Crippen molar-refractivity contribution < 1.29 is 19.8 Å². The average molecular weight is 381 g/mol. The molecule has 0 spiro atoms. The lowest BCUT2D eigenvalue weighted by molar-refractivity contribution is -1.11. The van der Waals surface area contributed by atoms with E-state index in [2.05, 4.69) is 17.4 Å². The van der Waals surface area contributed by atoms with Crippen LogP contribution in [0.2, 0.25) is 0 Å². The summed E-state index contributed by atoms with van der Waals surface area (Å²) < 4.78 is 0.0269. The molecule has 0 bridgehead atoms. The van der Waals surface area contributed by atoms with Gasteiger partial charge >= 0.3 is 0 Å². The zero-order valence-corrected chi connectivity index (χ0v) is 16.4. The number of benzene rings is 2. The van der Waals surface area contributed by atoms with Crippen molar-refractivity contribution in [2.24, 2.45) is 0 Å². The van der Waals surface area contributed by atoms with Crippen LogP contribution in [0.15, 0.2) is 42.5 Å². The molecule has 1 fully saturated rings. The minimum absolute atomic E-state index is 0.0269. The van der Waals surface area contributed by atoms with Gasteiger partial charge in [-0.25, -0.2) is 5.21 Å². The zero-order valence-electron chi connectivity index (χ0n) is 16.4. The topological polar surface area (TPSA) is 69.6 Å². The molecule has 1 saturated heterocycles. The Morgan fingerprint density at radius 2 is 1.86 bits per heavy atom. The number of carbonyl (C=O) groups excluding carboxylic acids is 1. The molecule has 2 aliphatic heterocycles. The Bertz CT molecular complexity index is 871. The molecule has 2 aromatic carbocycles. The quantitative estimate of drug-likeness (QED) is 0.696. The second kappa shape index (κ2) is 7.32. The molecular weight excluding hydrogens is 352 g/mol. The molecule has 0 saturated carbocycles. The van der Waals surface area contributed by atoms with Gasteiger partial charge in [-0.2, -0.15) is 4.65 Å². The molecule has 0 atom stereocenters. The summed E-state index contributed by atoms with van der Waals surface area (Å²) in [6.07, 6.45) is 3.35. The minimum Gasteiger partial charge on any atom is -0.385 e. The number of aliphatic hydroxyl groups is 1. The highest BCUT2D eigenvalue weighted by molar-refractivity contribution is 6.00. The van der Waals surface area contributed by atoms with Crippen LogP contribution < -0.4 is 5.32 Å². The smallest absolute Gasteiger partial charge is 0.228 e. The van der Waals surface area contributed by atoms with Crippen molar-refractivity contribution in [2.45, 2.75) is 44.6 Å². The van der Waals surface area contributed by atoms with Gasteiger partial charge in [0.15, 0.2) is 0 Å². The lowest BCUT2D eigenvalue weighted by Crippen LogP contribution is -2.54. The zero-order chi connectivity index (χ0) is 19.8. The Kier molecular flexibility index (Phi) is 5.00. The van der Waals surface area contributed by atoms with Crippen LogP contribution in [0.25, 0.3) is 0 Å². The van der Waals surface area contributed by atoms with E-state index in [9.17, 15) is 15.1 Å². The fourth-order valence-electron chi connectivity index (χ4n) is 4.62. The van der Waals surface area contributed by atoms with E-state index in [4.69, 9.17) is 0 Å². The third-order valence-electron chi connectivity index (χ3n) is 6.33. The van der Waals surface area contributed by atoms with Crippen molar-refractivity contribution in [1.82, 2.24) is 0 Å². The van der Waals surface area contributed by atoms with Crippen molar-refractivity contribution in [3.8, 4) is 0 Å². The van der Waals surface area contributed by atoms with Crippen molar-refractivity contribution in [2.75, 3.05) is 25.0 Å². The Morgan fingerprint density at radius 3 is 2.57 bits per heavy atom. The first kappa shape index (κ1) is 19.1. The molecule has 0 unspecified atom stereocenters. The van der Waals surface area contributed by atoms with Gasteiger partial charge in [-0.05, 0) is 35.6 Å². The predicted molar refractivity (Wildman–Crippen MR) is 108 cm³/mol. The van der Waals surface area contributed by atoms with E-state index in [1.807, 2.05) is 37.3 Å². The molecule has 4 rings (SSSR count). The Labute approximate surface area is 166 Å². The number of anilines is 1. The highest BCUT2D eigenvalue weighted by Crippen LogP contribution is 2.35. The maximum absolute atomic E-state index is 11.6. The minimum atomic E-state index is -0.831. The van der Waals surface area contributed by atoms with Crippen molar-refractivity contribution in [3.63, 3.8) is 0 Å². The van der Waals surface area contributed by atoms with Crippen LogP contribution >= 0.6 is 0 Å². The van der Waals surface area contributed by atoms with Gasteiger partial charge in [0.25, 0.3) is 0 Å². The van der Waals surface area contributed by atoms with Crippen molar-refractivity contribution in [1.29, 1.82) is 0 Å². The number of aryl methyl sites for hydroxylation is 2. The van der Waals surface area contributed by atoms with Crippen LogP contribution in [0.3, 0.4) is 0 Å². The number of likely N-dealkylation sites (tertiary alicyclic amines) is 1. The summed E-state index contributed by atoms with van der Waals surface area (Å²) in [6.45, 7) is 3.83. The molecule has 0 aromatic heterocycles. The van der Waals surface area contributed by atoms with Crippen LogP contribution in [0.5, 0.6) is 0 Å². The monoisotopic (exact) mass is 381 g/mol. The molecule has 148 valence electrons. The van der Waals surface area contributed by atoms with Crippen LogP contribution in [0, 0.1) is 6.92 Å². The molecule has 2 aromatic rings. The molecule has 3 N–H and O–H groups in total. The lowest BCUT2D eigenvalue weighted by Gasteiger charge is -2.41. The number of quaternary nitrogens is 1. The lowest BCUT2D eigenvalue weighted by atomic mass is 9.84.